The number of aromatic hydroxyl groups is 1. The molecule has 3 aromatic rings. The van der Waals surface area contributed by atoms with E-state index in [1.807, 2.05) is 41.8 Å². The van der Waals surface area contributed by atoms with Crippen LogP contribution in [0, 0.1) is 23.2 Å². The van der Waals surface area contributed by atoms with E-state index in [4.69, 9.17) is 0 Å². The van der Waals surface area contributed by atoms with Gasteiger partial charge in [0, 0.05) is 23.6 Å². The minimum absolute atomic E-state index is 0.187. The van der Waals surface area contributed by atoms with Crippen LogP contribution in [0.5, 0.6) is 5.75 Å². The molecular formula is C19H14N2O. The van der Waals surface area contributed by atoms with Crippen LogP contribution >= 0.6 is 0 Å². The predicted octanol–water partition coefficient (Wildman–Crippen LogP) is 3.64. The first kappa shape index (κ1) is 13.8. The molecule has 0 saturated carbocycles. The molecule has 0 amide bonds. The predicted molar refractivity (Wildman–Crippen MR) is 86.4 cm³/mol. The van der Waals surface area contributed by atoms with Crippen LogP contribution in [0.2, 0.25) is 0 Å². The molecule has 3 rings (SSSR count). The van der Waals surface area contributed by atoms with Crippen molar-refractivity contribution in [3.8, 4) is 23.7 Å². The molecule has 22 heavy (non-hydrogen) atoms. The Kier molecular flexibility index (Phi) is 3.56. The number of aromatic nitrogens is 1. The van der Waals surface area contributed by atoms with Crippen LogP contribution in [-0.2, 0) is 6.54 Å². The molecule has 0 unspecified atom stereocenters. The van der Waals surface area contributed by atoms with E-state index < -0.39 is 0 Å². The summed E-state index contributed by atoms with van der Waals surface area (Å²) in [7, 11) is 0. The minimum atomic E-state index is 0.187. The molecule has 0 atom stereocenters. The van der Waals surface area contributed by atoms with Gasteiger partial charge in [0.2, 0.25) is 0 Å². The van der Waals surface area contributed by atoms with Crippen molar-refractivity contribution in [2.45, 2.75) is 13.5 Å². The summed E-state index contributed by atoms with van der Waals surface area (Å²) >= 11 is 0. The average Bonchev–Trinajstić information content (AvgIpc) is 2.85. The molecule has 0 aliphatic heterocycles. The molecule has 0 aliphatic rings. The number of phenolic OH excluding ortho intramolecular Hbond substituents is 1. The summed E-state index contributed by atoms with van der Waals surface area (Å²) in [5.74, 6) is 6.41. The summed E-state index contributed by atoms with van der Waals surface area (Å²) in [4.78, 5) is 0. The fourth-order valence-corrected chi connectivity index (χ4v) is 2.56. The first-order valence-corrected chi connectivity index (χ1v) is 7.07. The monoisotopic (exact) mass is 286 g/mol. The molecule has 1 heterocycles. The summed E-state index contributed by atoms with van der Waals surface area (Å²) < 4.78 is 1.96. The number of hydrogen-bond acceptors (Lipinski definition) is 2. The highest BCUT2D eigenvalue weighted by atomic mass is 16.3. The lowest BCUT2D eigenvalue weighted by Gasteiger charge is -2.03. The van der Waals surface area contributed by atoms with E-state index in [0.29, 0.717) is 17.8 Å². The highest BCUT2D eigenvalue weighted by Crippen LogP contribution is 2.28. The number of nitrogens with zero attached hydrogens (tertiary/aromatic N) is 2. The van der Waals surface area contributed by atoms with E-state index in [-0.39, 0.29) is 5.75 Å². The van der Waals surface area contributed by atoms with E-state index >= 15 is 0 Å². The molecule has 0 spiro atoms. The first-order chi connectivity index (χ1) is 10.7. The van der Waals surface area contributed by atoms with Crippen LogP contribution in [0.4, 0.5) is 0 Å². The Balaban J connectivity index is 2.25. The zero-order chi connectivity index (χ0) is 15.5. The summed E-state index contributed by atoms with van der Waals surface area (Å²) in [5, 5.41) is 20.0. The Labute approximate surface area is 129 Å². The lowest BCUT2D eigenvalue weighted by molar-refractivity contribution is 0.476. The standard InChI is InChI=1S/C19H14N2O/c1-2-21-18(11-8-14-6-4-3-5-7-14)17(13-20)16-10-9-15(22)12-19(16)21/h3-7,9-10,12,22H,2H2,1H3. The zero-order valence-electron chi connectivity index (χ0n) is 12.2. The molecule has 0 saturated heterocycles. The third kappa shape index (κ3) is 2.30. The van der Waals surface area contributed by atoms with Gasteiger partial charge in [0.15, 0.2) is 0 Å². The topological polar surface area (TPSA) is 49.0 Å². The molecule has 0 radical (unpaired) electrons. The van der Waals surface area contributed by atoms with Gasteiger partial charge in [-0.2, -0.15) is 5.26 Å². The van der Waals surface area contributed by atoms with Crippen molar-refractivity contribution in [1.82, 2.24) is 4.57 Å². The van der Waals surface area contributed by atoms with Crippen molar-refractivity contribution < 1.29 is 5.11 Å². The fraction of sp³-hybridized carbons (Fsp3) is 0.105. The number of aryl methyl sites for hydroxylation is 1. The van der Waals surface area contributed by atoms with E-state index in [2.05, 4.69) is 17.9 Å². The maximum absolute atomic E-state index is 9.70. The number of fused-ring (bicyclic) bond motifs is 1. The molecule has 0 bridgehead atoms. The third-order valence-electron chi connectivity index (χ3n) is 3.58. The Bertz CT molecular complexity index is 935. The van der Waals surface area contributed by atoms with Crippen molar-refractivity contribution in [2.24, 2.45) is 0 Å². The minimum Gasteiger partial charge on any atom is -0.508 e. The Hall–Kier alpha value is -3.17. The number of nitriles is 1. The van der Waals surface area contributed by atoms with Gasteiger partial charge in [-0.25, -0.2) is 0 Å². The number of rotatable bonds is 1. The summed E-state index contributed by atoms with van der Waals surface area (Å²) in [6, 6.07) is 17.0. The lowest BCUT2D eigenvalue weighted by atomic mass is 10.1. The van der Waals surface area contributed by atoms with Crippen molar-refractivity contribution in [2.75, 3.05) is 0 Å². The van der Waals surface area contributed by atoms with Crippen molar-refractivity contribution in [3.05, 3.63) is 65.4 Å². The molecule has 0 fully saturated rings. The van der Waals surface area contributed by atoms with Crippen LogP contribution in [-0.4, -0.2) is 9.67 Å². The van der Waals surface area contributed by atoms with Gasteiger partial charge >= 0.3 is 0 Å². The van der Waals surface area contributed by atoms with E-state index in [1.165, 1.54) is 0 Å². The SMILES string of the molecule is CCn1c(C#Cc2ccccc2)c(C#N)c2ccc(O)cc21. The number of phenols is 1. The quantitative estimate of drug-likeness (QED) is 0.694. The Morgan fingerprint density at radius 3 is 2.55 bits per heavy atom. The normalized spacial score (nSPS) is 10.0. The number of benzene rings is 2. The van der Waals surface area contributed by atoms with Gasteiger partial charge in [0.05, 0.1) is 11.1 Å². The van der Waals surface area contributed by atoms with E-state index in [1.54, 1.807) is 18.2 Å². The average molecular weight is 286 g/mol. The van der Waals surface area contributed by atoms with Gasteiger partial charge in [-0.3, -0.25) is 0 Å². The third-order valence-corrected chi connectivity index (χ3v) is 3.58. The van der Waals surface area contributed by atoms with Crippen LogP contribution in [0.1, 0.15) is 23.7 Å². The molecule has 3 heteroatoms. The molecule has 106 valence electrons. The first-order valence-electron chi connectivity index (χ1n) is 7.07. The smallest absolute Gasteiger partial charge is 0.117 e. The Morgan fingerprint density at radius 2 is 1.86 bits per heavy atom. The fourth-order valence-electron chi connectivity index (χ4n) is 2.56. The second kappa shape index (κ2) is 5.68. The largest absolute Gasteiger partial charge is 0.508 e. The van der Waals surface area contributed by atoms with E-state index in [0.717, 1.165) is 16.5 Å². The highest BCUT2D eigenvalue weighted by molar-refractivity contribution is 5.90. The van der Waals surface area contributed by atoms with Gasteiger partial charge in [-0.15, -0.1) is 0 Å². The van der Waals surface area contributed by atoms with Gasteiger partial charge in [-0.05, 0) is 37.1 Å². The maximum Gasteiger partial charge on any atom is 0.117 e. The molecule has 3 nitrogen and oxygen atoms in total. The zero-order valence-corrected chi connectivity index (χ0v) is 12.2. The van der Waals surface area contributed by atoms with Crippen LogP contribution in [0.15, 0.2) is 48.5 Å². The molecular weight excluding hydrogens is 272 g/mol. The van der Waals surface area contributed by atoms with Crippen molar-refractivity contribution in [1.29, 1.82) is 5.26 Å². The summed E-state index contributed by atoms with van der Waals surface area (Å²) in [6.45, 7) is 2.68. The van der Waals surface area contributed by atoms with E-state index in [9.17, 15) is 10.4 Å². The van der Waals surface area contributed by atoms with Gasteiger partial charge < -0.3 is 9.67 Å². The van der Waals surface area contributed by atoms with Crippen molar-refractivity contribution >= 4 is 10.9 Å². The van der Waals surface area contributed by atoms with Crippen LogP contribution in [0.25, 0.3) is 10.9 Å². The molecule has 1 aromatic heterocycles. The van der Waals surface area contributed by atoms with Gasteiger partial charge in [0.25, 0.3) is 0 Å². The molecule has 1 N–H and O–H groups in total. The summed E-state index contributed by atoms with van der Waals surface area (Å²) in [5.41, 5.74) is 2.98. The van der Waals surface area contributed by atoms with Crippen LogP contribution < -0.4 is 0 Å². The Morgan fingerprint density at radius 1 is 1.09 bits per heavy atom. The van der Waals surface area contributed by atoms with Crippen molar-refractivity contribution in [3.63, 3.8) is 0 Å². The lowest BCUT2D eigenvalue weighted by Crippen LogP contribution is -1.98. The second-order valence-electron chi connectivity index (χ2n) is 4.90. The van der Waals surface area contributed by atoms with Gasteiger partial charge in [-0.1, -0.05) is 24.1 Å². The highest BCUT2D eigenvalue weighted by Gasteiger charge is 2.15. The summed E-state index contributed by atoms with van der Waals surface area (Å²) in [6.07, 6.45) is 0. The molecule has 2 aromatic carbocycles. The van der Waals surface area contributed by atoms with Crippen LogP contribution in [0.3, 0.4) is 0 Å². The second-order valence-corrected chi connectivity index (χ2v) is 4.90. The van der Waals surface area contributed by atoms with Gasteiger partial charge in [0.1, 0.15) is 17.5 Å². The molecule has 0 aliphatic carbocycles. The maximum atomic E-state index is 9.70. The number of hydrogen-bond donors (Lipinski definition) is 1.